The molecule has 8 heteroatoms. The number of nitrogens with zero attached hydrogens (tertiary/aromatic N) is 1. The summed E-state index contributed by atoms with van der Waals surface area (Å²) >= 11 is 1.16. The second-order valence-electron chi connectivity index (χ2n) is 7.95. The molecular formula is C24H26N2O4S2. The lowest BCUT2D eigenvalue weighted by Gasteiger charge is -2.35. The third kappa shape index (κ3) is 4.30. The van der Waals surface area contributed by atoms with Gasteiger partial charge < -0.3 is 10.1 Å². The van der Waals surface area contributed by atoms with Crippen LogP contribution in [-0.4, -0.2) is 31.8 Å². The van der Waals surface area contributed by atoms with Crippen LogP contribution in [-0.2, 0) is 27.8 Å². The maximum Gasteiger partial charge on any atom is 0.253 e. The molecule has 0 saturated heterocycles. The van der Waals surface area contributed by atoms with E-state index in [9.17, 15) is 13.2 Å². The van der Waals surface area contributed by atoms with Crippen molar-refractivity contribution in [2.45, 2.75) is 43.1 Å². The number of hydrogen-bond donors (Lipinski definition) is 1. The first-order valence-corrected chi connectivity index (χ1v) is 12.7. The van der Waals surface area contributed by atoms with E-state index in [1.165, 1.54) is 4.31 Å². The summed E-state index contributed by atoms with van der Waals surface area (Å²) < 4.78 is 33.9. The molecular weight excluding hydrogens is 444 g/mol. The van der Waals surface area contributed by atoms with Gasteiger partial charge in [0.15, 0.2) is 0 Å². The van der Waals surface area contributed by atoms with E-state index in [0.717, 1.165) is 33.6 Å². The van der Waals surface area contributed by atoms with Crippen molar-refractivity contribution < 1.29 is 17.9 Å². The fourth-order valence-corrected chi connectivity index (χ4v) is 6.77. The van der Waals surface area contributed by atoms with Gasteiger partial charge in [0.2, 0.25) is 5.91 Å². The molecule has 1 amide bonds. The Balaban J connectivity index is 1.66. The molecule has 0 fully saturated rings. The average molecular weight is 471 g/mol. The smallest absolute Gasteiger partial charge is 0.253 e. The molecule has 0 radical (unpaired) electrons. The van der Waals surface area contributed by atoms with Crippen LogP contribution in [0.4, 0.5) is 0 Å². The van der Waals surface area contributed by atoms with E-state index in [1.54, 1.807) is 24.6 Å². The van der Waals surface area contributed by atoms with Crippen LogP contribution in [0, 0.1) is 6.92 Å². The van der Waals surface area contributed by atoms with Crippen LogP contribution in [0.5, 0.6) is 5.75 Å². The second-order valence-corrected chi connectivity index (χ2v) is 11.0. The van der Waals surface area contributed by atoms with Gasteiger partial charge in [-0.2, -0.15) is 4.31 Å². The molecule has 1 aliphatic heterocycles. The summed E-state index contributed by atoms with van der Waals surface area (Å²) in [5, 5.41) is 4.75. The lowest BCUT2D eigenvalue weighted by Crippen LogP contribution is -2.52. The predicted octanol–water partition coefficient (Wildman–Crippen LogP) is 4.06. The number of carbonyl (C=O) groups is 1. The topological polar surface area (TPSA) is 75.7 Å². The standard InChI is InChI=1S/C24H26N2O4S2/c1-16-10-11-22(30-3)20(13-16)17(2)25-24(27)21-14-18-7-4-5-8-19(18)15-26(21)32(28,29)23-9-6-12-31-23/h4-13,17,21H,14-15H2,1-3H3,(H,25,27)/t17?,21-/m0/s1. The number of amides is 1. The lowest BCUT2D eigenvalue weighted by molar-refractivity contribution is -0.125. The van der Waals surface area contributed by atoms with E-state index in [4.69, 9.17) is 4.74 Å². The molecule has 0 spiro atoms. The molecule has 1 unspecified atom stereocenters. The van der Waals surface area contributed by atoms with Crippen molar-refractivity contribution in [1.29, 1.82) is 0 Å². The Morgan fingerprint density at radius 3 is 2.59 bits per heavy atom. The maximum absolute atomic E-state index is 13.4. The van der Waals surface area contributed by atoms with Gasteiger partial charge in [0.05, 0.1) is 13.2 Å². The fourth-order valence-electron chi connectivity index (χ4n) is 4.08. The van der Waals surface area contributed by atoms with Crippen LogP contribution < -0.4 is 10.1 Å². The first kappa shape index (κ1) is 22.5. The first-order valence-electron chi connectivity index (χ1n) is 10.4. The molecule has 0 aliphatic carbocycles. The van der Waals surface area contributed by atoms with Crippen molar-refractivity contribution >= 4 is 27.3 Å². The van der Waals surface area contributed by atoms with Crippen molar-refractivity contribution in [2.75, 3.05) is 7.11 Å². The van der Waals surface area contributed by atoms with Crippen LogP contribution in [0.3, 0.4) is 0 Å². The zero-order valence-electron chi connectivity index (χ0n) is 18.2. The Hall–Kier alpha value is -2.68. The molecule has 2 heterocycles. The van der Waals surface area contributed by atoms with Crippen molar-refractivity contribution in [1.82, 2.24) is 9.62 Å². The number of methoxy groups -OCH3 is 1. The van der Waals surface area contributed by atoms with E-state index in [1.807, 2.05) is 56.3 Å². The Labute approximate surface area is 192 Å². The van der Waals surface area contributed by atoms with Gasteiger partial charge in [0.1, 0.15) is 16.0 Å². The molecule has 3 aromatic rings. The number of sulfonamides is 1. The monoisotopic (exact) mass is 470 g/mol. The molecule has 168 valence electrons. The van der Waals surface area contributed by atoms with Crippen molar-refractivity contribution in [2.24, 2.45) is 0 Å². The van der Waals surface area contributed by atoms with Gasteiger partial charge in [-0.25, -0.2) is 8.42 Å². The highest BCUT2D eigenvalue weighted by Gasteiger charge is 2.40. The van der Waals surface area contributed by atoms with E-state index >= 15 is 0 Å². The minimum atomic E-state index is -3.81. The van der Waals surface area contributed by atoms with Gasteiger partial charge in [0, 0.05) is 12.1 Å². The number of rotatable bonds is 6. The van der Waals surface area contributed by atoms with Gasteiger partial charge >= 0.3 is 0 Å². The molecule has 2 atom stereocenters. The summed E-state index contributed by atoms with van der Waals surface area (Å²) in [5.74, 6) is 0.358. The average Bonchev–Trinajstić information content (AvgIpc) is 3.34. The summed E-state index contributed by atoms with van der Waals surface area (Å²) in [5.41, 5.74) is 3.82. The molecule has 0 saturated carbocycles. The molecule has 32 heavy (non-hydrogen) atoms. The molecule has 4 rings (SSSR count). The number of ether oxygens (including phenoxy) is 1. The lowest BCUT2D eigenvalue weighted by atomic mass is 9.95. The number of fused-ring (bicyclic) bond motifs is 1. The zero-order valence-corrected chi connectivity index (χ0v) is 19.9. The largest absolute Gasteiger partial charge is 0.496 e. The van der Waals surface area contributed by atoms with Gasteiger partial charge in [-0.1, -0.05) is 48.0 Å². The van der Waals surface area contributed by atoms with Crippen LogP contribution in [0.2, 0.25) is 0 Å². The SMILES string of the molecule is COc1ccc(C)cc1C(C)NC(=O)[C@@H]1Cc2ccccc2CN1S(=O)(=O)c1cccs1. The summed E-state index contributed by atoms with van der Waals surface area (Å²) in [6, 6.07) is 15.6. The molecule has 0 bridgehead atoms. The number of benzene rings is 2. The van der Waals surface area contributed by atoms with Crippen molar-refractivity contribution in [3.63, 3.8) is 0 Å². The van der Waals surface area contributed by atoms with Crippen molar-refractivity contribution in [3.8, 4) is 5.75 Å². The summed E-state index contributed by atoms with van der Waals surface area (Å²) in [7, 11) is -2.22. The minimum Gasteiger partial charge on any atom is -0.496 e. The summed E-state index contributed by atoms with van der Waals surface area (Å²) in [6.45, 7) is 4.02. The fraction of sp³-hybridized carbons (Fsp3) is 0.292. The number of nitrogens with one attached hydrogen (secondary N) is 1. The number of hydrogen-bond acceptors (Lipinski definition) is 5. The van der Waals surface area contributed by atoms with Crippen molar-refractivity contribution in [3.05, 3.63) is 82.2 Å². The van der Waals surface area contributed by atoms with Gasteiger partial charge in [-0.05, 0) is 48.9 Å². The van der Waals surface area contributed by atoms with Crippen LogP contribution >= 0.6 is 11.3 Å². The number of aryl methyl sites for hydroxylation is 1. The normalized spacial score (nSPS) is 17.4. The first-order chi connectivity index (χ1) is 15.3. The highest BCUT2D eigenvalue weighted by molar-refractivity contribution is 7.91. The Kier molecular flexibility index (Phi) is 6.37. The molecule has 1 aliphatic rings. The van der Waals surface area contributed by atoms with E-state index in [-0.39, 0.29) is 22.7 Å². The Morgan fingerprint density at radius 2 is 1.91 bits per heavy atom. The van der Waals surface area contributed by atoms with Crippen LogP contribution in [0.1, 0.15) is 35.2 Å². The molecule has 6 nitrogen and oxygen atoms in total. The molecule has 2 aromatic carbocycles. The highest BCUT2D eigenvalue weighted by Crippen LogP contribution is 2.32. The summed E-state index contributed by atoms with van der Waals surface area (Å²) in [4.78, 5) is 13.4. The predicted molar refractivity (Wildman–Crippen MR) is 125 cm³/mol. The summed E-state index contributed by atoms with van der Waals surface area (Å²) in [6.07, 6.45) is 0.324. The van der Waals surface area contributed by atoms with Gasteiger partial charge in [-0.3, -0.25) is 4.79 Å². The van der Waals surface area contributed by atoms with Gasteiger partial charge in [0.25, 0.3) is 10.0 Å². The number of carbonyl (C=O) groups excluding carboxylic acids is 1. The van der Waals surface area contributed by atoms with E-state index in [0.29, 0.717) is 12.2 Å². The zero-order chi connectivity index (χ0) is 22.9. The third-order valence-electron chi connectivity index (χ3n) is 5.78. The quantitative estimate of drug-likeness (QED) is 0.590. The Bertz CT molecular complexity index is 1220. The Morgan fingerprint density at radius 1 is 1.16 bits per heavy atom. The minimum absolute atomic E-state index is 0.163. The third-order valence-corrected chi connectivity index (χ3v) is 9.00. The second kappa shape index (κ2) is 9.05. The highest BCUT2D eigenvalue weighted by atomic mass is 32.2. The maximum atomic E-state index is 13.4. The van der Waals surface area contributed by atoms with Crippen LogP contribution in [0.25, 0.3) is 0 Å². The van der Waals surface area contributed by atoms with E-state index < -0.39 is 16.1 Å². The molecule has 1 aromatic heterocycles. The molecule has 1 N–H and O–H groups in total. The van der Waals surface area contributed by atoms with Gasteiger partial charge in [-0.15, -0.1) is 11.3 Å². The van der Waals surface area contributed by atoms with Crippen LogP contribution in [0.15, 0.2) is 64.2 Å². The van der Waals surface area contributed by atoms with E-state index in [2.05, 4.69) is 5.32 Å². The number of thiophene rings is 1.